The van der Waals surface area contributed by atoms with Gasteiger partial charge in [-0.15, -0.1) is 11.3 Å². The zero-order chi connectivity index (χ0) is 45.0. The first kappa shape index (κ1) is 38.6. The maximum Gasteiger partial charge on any atom is 0.142 e. The number of hydrogen-bond donors (Lipinski definition) is 0. The van der Waals surface area contributed by atoms with Gasteiger partial charge < -0.3 is 14.1 Å². The van der Waals surface area contributed by atoms with Crippen LogP contribution in [-0.4, -0.2) is 0 Å². The highest BCUT2D eigenvalue weighted by atomic mass is 32.1. The smallest absolute Gasteiger partial charge is 0.142 e. The van der Waals surface area contributed by atoms with Gasteiger partial charge in [-0.1, -0.05) is 140 Å². The first-order valence-electron chi connectivity index (χ1n) is 25.0. The second-order valence-electron chi connectivity index (χ2n) is 20.9. The molecule has 69 heavy (non-hydrogen) atoms. The lowest BCUT2D eigenvalue weighted by molar-refractivity contribution is -0.00518. The van der Waals surface area contributed by atoms with Gasteiger partial charge in [0.15, 0.2) is 0 Å². The zero-order valence-electron chi connectivity index (χ0n) is 38.1. The average molecular weight is 906 g/mol. The highest BCUT2D eigenvalue weighted by Crippen LogP contribution is 2.65. The molecule has 6 aliphatic rings. The standard InChI is InChI=1S/C65H47NO2S/c1-5-15-52-46(11-1)47-12-2-6-16-53(47)65(52)54-17-7-9-19-58(54)68-63-55(65)29-30-56(62(63)42-21-23-43(24-22-42)64-36-39-31-40(37-64)33-41(32-39)38-64)66(44-25-27-49-48-13-3-8-18-57(48)67-59(49)34-44)45-26-28-51-50-14-4-10-20-60(50)69-61(51)35-45/h1-30,34-35,39-41H,31-33,36-38H2. The Hall–Kier alpha value is -7.40. The van der Waals surface area contributed by atoms with Crippen LogP contribution in [0.3, 0.4) is 0 Å². The minimum absolute atomic E-state index is 0.288. The normalized spacial score (nSPS) is 21.1. The summed E-state index contributed by atoms with van der Waals surface area (Å²) in [6.07, 6.45) is 8.32. The van der Waals surface area contributed by atoms with Gasteiger partial charge in [0.1, 0.15) is 22.7 Å². The molecule has 4 fully saturated rings. The summed E-state index contributed by atoms with van der Waals surface area (Å²) in [5.74, 6) is 4.42. The van der Waals surface area contributed by atoms with Gasteiger partial charge >= 0.3 is 0 Å². The molecule has 0 atom stereocenters. The molecular weight excluding hydrogens is 859 g/mol. The van der Waals surface area contributed by atoms with Crippen LogP contribution in [0, 0.1) is 17.8 Å². The van der Waals surface area contributed by atoms with E-state index in [9.17, 15) is 0 Å². The molecule has 0 unspecified atom stereocenters. The molecule has 3 nitrogen and oxygen atoms in total. The third-order valence-corrected chi connectivity index (χ3v) is 18.4. The maximum atomic E-state index is 7.55. The lowest BCUT2D eigenvalue weighted by atomic mass is 9.48. The molecule has 0 amide bonds. The number of thiophene rings is 1. The monoisotopic (exact) mass is 905 g/mol. The third kappa shape index (κ3) is 5.33. The molecule has 0 saturated heterocycles. The van der Waals surface area contributed by atoms with Crippen LogP contribution in [-0.2, 0) is 10.8 Å². The molecule has 3 heterocycles. The average Bonchev–Trinajstić information content (AvgIpc) is 4.04. The molecule has 5 aliphatic carbocycles. The number of benzene rings is 9. The van der Waals surface area contributed by atoms with Crippen molar-refractivity contribution in [1.82, 2.24) is 0 Å². The molecule has 4 saturated carbocycles. The van der Waals surface area contributed by atoms with Crippen LogP contribution in [0.5, 0.6) is 11.5 Å². The topological polar surface area (TPSA) is 25.6 Å². The van der Waals surface area contributed by atoms with E-state index in [-0.39, 0.29) is 5.41 Å². The molecule has 0 N–H and O–H groups in total. The molecule has 17 rings (SSSR count). The van der Waals surface area contributed by atoms with Gasteiger partial charge in [0.25, 0.3) is 0 Å². The summed E-state index contributed by atoms with van der Waals surface area (Å²) in [7, 11) is 0. The number of fused-ring (bicyclic) bond motifs is 15. The van der Waals surface area contributed by atoms with Crippen molar-refractivity contribution in [2.24, 2.45) is 17.8 Å². The van der Waals surface area contributed by atoms with Crippen LogP contribution in [0.1, 0.15) is 66.3 Å². The number of para-hydroxylation sites is 2. The van der Waals surface area contributed by atoms with Gasteiger partial charge in [-0.2, -0.15) is 0 Å². The van der Waals surface area contributed by atoms with Crippen molar-refractivity contribution in [3.8, 4) is 33.8 Å². The van der Waals surface area contributed by atoms with E-state index in [1.165, 1.54) is 92.1 Å². The fraction of sp³-hybridized carbons (Fsp3) is 0.169. The van der Waals surface area contributed by atoms with Gasteiger partial charge in [-0.3, -0.25) is 0 Å². The molecule has 4 bridgehead atoms. The Morgan fingerprint density at radius 2 is 1.06 bits per heavy atom. The van der Waals surface area contributed by atoms with E-state index in [2.05, 4.69) is 199 Å². The Morgan fingerprint density at radius 3 is 1.81 bits per heavy atom. The fourth-order valence-electron chi connectivity index (χ4n) is 15.0. The van der Waals surface area contributed by atoms with Gasteiger partial charge in [-0.25, -0.2) is 0 Å². The Labute approximate surface area is 405 Å². The van der Waals surface area contributed by atoms with Crippen molar-refractivity contribution in [1.29, 1.82) is 0 Å². The van der Waals surface area contributed by atoms with E-state index in [0.29, 0.717) is 0 Å². The minimum atomic E-state index is -0.599. The SMILES string of the molecule is c1ccc2c(c1)Oc1c(ccc(N(c3ccc4c(c3)oc3ccccc34)c3ccc4c(c3)sc3ccccc34)c1-c1ccc(C34CC5CC(CC(C5)C3)C4)cc1)C21c2ccccc2-c2ccccc21. The second-order valence-corrected chi connectivity index (χ2v) is 22.0. The zero-order valence-corrected chi connectivity index (χ0v) is 38.9. The number of rotatable bonds is 5. The van der Waals surface area contributed by atoms with Crippen molar-refractivity contribution in [2.75, 3.05) is 4.90 Å². The van der Waals surface area contributed by atoms with E-state index in [1.807, 2.05) is 11.3 Å². The van der Waals surface area contributed by atoms with E-state index in [1.54, 1.807) is 0 Å². The molecular formula is C65H47NO2S. The van der Waals surface area contributed by atoms with Crippen LogP contribution in [0.4, 0.5) is 17.1 Å². The van der Waals surface area contributed by atoms with Crippen LogP contribution >= 0.6 is 11.3 Å². The van der Waals surface area contributed by atoms with Crippen molar-refractivity contribution < 1.29 is 9.15 Å². The van der Waals surface area contributed by atoms with E-state index < -0.39 is 5.41 Å². The fourth-order valence-corrected chi connectivity index (χ4v) is 16.1. The molecule has 0 radical (unpaired) electrons. The van der Waals surface area contributed by atoms with Crippen LogP contribution < -0.4 is 9.64 Å². The predicted octanol–water partition coefficient (Wildman–Crippen LogP) is 18.0. The summed E-state index contributed by atoms with van der Waals surface area (Å²) >= 11 is 1.86. The summed E-state index contributed by atoms with van der Waals surface area (Å²) in [4.78, 5) is 2.46. The summed E-state index contributed by atoms with van der Waals surface area (Å²) in [5.41, 5.74) is 15.9. The quantitative estimate of drug-likeness (QED) is 0.172. The summed E-state index contributed by atoms with van der Waals surface area (Å²) in [5, 5.41) is 4.81. The van der Waals surface area contributed by atoms with Crippen molar-refractivity contribution in [2.45, 2.75) is 49.4 Å². The highest BCUT2D eigenvalue weighted by Gasteiger charge is 2.53. The van der Waals surface area contributed by atoms with Gasteiger partial charge in [-0.05, 0) is 144 Å². The number of anilines is 3. The van der Waals surface area contributed by atoms with Crippen molar-refractivity contribution in [3.63, 3.8) is 0 Å². The largest absolute Gasteiger partial charge is 0.456 e. The first-order valence-corrected chi connectivity index (χ1v) is 25.8. The number of furan rings is 1. The predicted molar refractivity (Wildman–Crippen MR) is 284 cm³/mol. The van der Waals surface area contributed by atoms with Crippen molar-refractivity contribution >= 4 is 70.5 Å². The number of ether oxygens (including phenoxy) is 1. The van der Waals surface area contributed by atoms with E-state index in [0.717, 1.165) is 84.9 Å². The molecule has 2 aromatic heterocycles. The minimum Gasteiger partial charge on any atom is -0.456 e. The first-order chi connectivity index (χ1) is 34.1. The Bertz CT molecular complexity index is 3750. The molecule has 11 aromatic rings. The summed E-state index contributed by atoms with van der Waals surface area (Å²) in [6, 6.07) is 72.5. The second kappa shape index (κ2) is 14.1. The molecule has 9 aromatic carbocycles. The van der Waals surface area contributed by atoms with E-state index >= 15 is 0 Å². The van der Waals surface area contributed by atoms with Crippen LogP contribution in [0.15, 0.2) is 199 Å². The van der Waals surface area contributed by atoms with E-state index in [4.69, 9.17) is 9.15 Å². The summed E-state index contributed by atoms with van der Waals surface area (Å²) in [6.45, 7) is 0. The van der Waals surface area contributed by atoms with Crippen LogP contribution in [0.25, 0.3) is 64.4 Å². The lowest BCUT2D eigenvalue weighted by Gasteiger charge is -2.57. The Kier molecular flexibility index (Phi) is 7.87. The number of hydrogen-bond acceptors (Lipinski definition) is 4. The van der Waals surface area contributed by atoms with Gasteiger partial charge in [0, 0.05) is 65.1 Å². The molecule has 330 valence electrons. The third-order valence-electron chi connectivity index (χ3n) is 17.3. The number of nitrogens with zero attached hydrogens (tertiary/aromatic N) is 1. The maximum absolute atomic E-state index is 7.55. The lowest BCUT2D eigenvalue weighted by Crippen LogP contribution is -2.48. The van der Waals surface area contributed by atoms with Gasteiger partial charge in [0.2, 0.25) is 0 Å². The van der Waals surface area contributed by atoms with Crippen molar-refractivity contribution in [3.05, 3.63) is 222 Å². The Morgan fingerprint density at radius 1 is 0.464 bits per heavy atom. The van der Waals surface area contributed by atoms with Crippen LogP contribution in [0.2, 0.25) is 0 Å². The Balaban J connectivity index is 0.986. The molecule has 4 heteroatoms. The van der Waals surface area contributed by atoms with Gasteiger partial charge in [0.05, 0.1) is 11.1 Å². The summed E-state index contributed by atoms with van der Waals surface area (Å²) < 4.78 is 16.8. The molecule has 1 aliphatic heterocycles. The highest BCUT2D eigenvalue weighted by molar-refractivity contribution is 7.25. The molecule has 1 spiro atoms.